The van der Waals surface area contributed by atoms with E-state index in [0.29, 0.717) is 6.61 Å². The first-order valence-electron chi connectivity index (χ1n) is 3.34. The summed E-state index contributed by atoms with van der Waals surface area (Å²) >= 11 is 1.73. The summed E-state index contributed by atoms with van der Waals surface area (Å²) in [6.07, 6.45) is 1.06. The Morgan fingerprint density at radius 1 is 1.73 bits per heavy atom. The maximum Gasteiger partial charge on any atom is 0.365 e. The lowest BCUT2D eigenvalue weighted by molar-refractivity contribution is -0.263. The molecule has 0 bridgehead atoms. The second-order valence-electron chi connectivity index (χ2n) is 1.63. The highest BCUT2D eigenvalue weighted by atomic mass is 32.2. The van der Waals surface area contributed by atoms with Crippen LogP contribution in [-0.2, 0) is 14.6 Å². The molecule has 0 radical (unpaired) electrons. The quantitative estimate of drug-likeness (QED) is 0.265. The maximum absolute atomic E-state index is 10.4. The summed E-state index contributed by atoms with van der Waals surface area (Å²) in [6, 6.07) is 0. The SMILES string of the molecule is C=CC(=O)OOCCSCC. The summed E-state index contributed by atoms with van der Waals surface area (Å²) in [5.41, 5.74) is 0. The fourth-order valence-corrected chi connectivity index (χ4v) is 0.846. The first-order chi connectivity index (χ1) is 5.31. The molecular weight excluding hydrogens is 164 g/mol. The lowest BCUT2D eigenvalue weighted by Crippen LogP contribution is -2.04. The van der Waals surface area contributed by atoms with E-state index in [1.165, 1.54) is 0 Å². The van der Waals surface area contributed by atoms with E-state index < -0.39 is 5.97 Å². The molecule has 4 heteroatoms. The van der Waals surface area contributed by atoms with E-state index in [1.807, 2.05) is 0 Å². The molecule has 0 aliphatic rings. The molecule has 0 rings (SSSR count). The standard InChI is InChI=1S/C7H12O3S/c1-3-7(8)10-9-5-6-11-4-2/h3H,1,4-6H2,2H3. The predicted molar refractivity (Wildman–Crippen MR) is 45.2 cm³/mol. The molecule has 0 spiro atoms. The van der Waals surface area contributed by atoms with Gasteiger partial charge in [0.1, 0.15) is 6.61 Å². The predicted octanol–water partition coefficient (Wildman–Crippen LogP) is 1.40. The van der Waals surface area contributed by atoms with Gasteiger partial charge in [0.25, 0.3) is 0 Å². The normalized spacial score (nSPS) is 9.18. The lowest BCUT2D eigenvalue weighted by atomic mass is 10.7. The zero-order valence-corrected chi connectivity index (χ0v) is 7.36. The third kappa shape index (κ3) is 7.42. The molecule has 0 N–H and O–H groups in total. The summed E-state index contributed by atoms with van der Waals surface area (Å²) < 4.78 is 0. The Kier molecular flexibility index (Phi) is 7.29. The van der Waals surface area contributed by atoms with Crippen molar-refractivity contribution in [2.75, 3.05) is 18.1 Å². The van der Waals surface area contributed by atoms with E-state index >= 15 is 0 Å². The van der Waals surface area contributed by atoms with Crippen LogP contribution in [0.1, 0.15) is 6.92 Å². The molecule has 11 heavy (non-hydrogen) atoms. The number of carbonyl (C=O) groups is 1. The van der Waals surface area contributed by atoms with E-state index in [0.717, 1.165) is 17.6 Å². The van der Waals surface area contributed by atoms with Crippen LogP contribution in [0.3, 0.4) is 0 Å². The Balaban J connectivity index is 3.01. The Bertz CT molecular complexity index is 125. The van der Waals surface area contributed by atoms with Gasteiger partial charge in [-0.15, -0.1) is 0 Å². The molecule has 0 saturated carbocycles. The summed E-state index contributed by atoms with van der Waals surface area (Å²) in [7, 11) is 0. The molecule has 0 atom stereocenters. The molecule has 0 aromatic rings. The van der Waals surface area contributed by atoms with Crippen molar-refractivity contribution in [3.8, 4) is 0 Å². The van der Waals surface area contributed by atoms with E-state index in [9.17, 15) is 4.79 Å². The molecule has 0 aliphatic heterocycles. The summed E-state index contributed by atoms with van der Waals surface area (Å²) in [5, 5.41) is 0. The van der Waals surface area contributed by atoms with Gasteiger partial charge in [-0.1, -0.05) is 13.5 Å². The van der Waals surface area contributed by atoms with E-state index in [1.54, 1.807) is 11.8 Å². The van der Waals surface area contributed by atoms with Crippen molar-refractivity contribution in [3.05, 3.63) is 12.7 Å². The van der Waals surface area contributed by atoms with Crippen LogP contribution in [0.25, 0.3) is 0 Å². The zero-order valence-electron chi connectivity index (χ0n) is 6.54. The van der Waals surface area contributed by atoms with Crippen LogP contribution in [0.5, 0.6) is 0 Å². The van der Waals surface area contributed by atoms with Crippen LogP contribution >= 0.6 is 11.8 Å². The number of rotatable bonds is 6. The van der Waals surface area contributed by atoms with Gasteiger partial charge in [-0.05, 0) is 5.75 Å². The van der Waals surface area contributed by atoms with Gasteiger partial charge in [0.2, 0.25) is 0 Å². The topological polar surface area (TPSA) is 35.5 Å². The Morgan fingerprint density at radius 3 is 3.00 bits per heavy atom. The second-order valence-corrected chi connectivity index (χ2v) is 3.02. The fourth-order valence-electron chi connectivity index (χ4n) is 0.371. The summed E-state index contributed by atoms with van der Waals surface area (Å²) in [5.74, 6) is 1.33. The lowest BCUT2D eigenvalue weighted by Gasteiger charge is -1.99. The highest BCUT2D eigenvalue weighted by Crippen LogP contribution is 1.97. The summed E-state index contributed by atoms with van der Waals surface area (Å²) in [6.45, 7) is 5.70. The molecule has 3 nitrogen and oxygen atoms in total. The van der Waals surface area contributed by atoms with Gasteiger partial charge in [-0.3, -0.25) is 4.89 Å². The van der Waals surface area contributed by atoms with Crippen LogP contribution in [0.4, 0.5) is 0 Å². The minimum Gasteiger partial charge on any atom is -0.294 e. The van der Waals surface area contributed by atoms with Crippen LogP contribution in [-0.4, -0.2) is 24.1 Å². The highest BCUT2D eigenvalue weighted by molar-refractivity contribution is 7.99. The van der Waals surface area contributed by atoms with Gasteiger partial charge in [0.05, 0.1) is 0 Å². The van der Waals surface area contributed by atoms with Crippen LogP contribution in [0, 0.1) is 0 Å². The van der Waals surface area contributed by atoms with Gasteiger partial charge in [-0.25, -0.2) is 4.79 Å². The molecule has 0 aromatic heterocycles. The zero-order chi connectivity index (χ0) is 8.53. The average Bonchev–Trinajstić information content (AvgIpc) is 2.04. The van der Waals surface area contributed by atoms with Gasteiger partial charge in [0.15, 0.2) is 0 Å². The smallest absolute Gasteiger partial charge is 0.294 e. The number of hydrogen-bond acceptors (Lipinski definition) is 4. The third-order valence-corrected chi connectivity index (χ3v) is 1.69. The van der Waals surface area contributed by atoms with E-state index in [2.05, 4.69) is 23.3 Å². The Labute approximate surface area is 70.7 Å². The van der Waals surface area contributed by atoms with Gasteiger partial charge in [-0.2, -0.15) is 16.6 Å². The second kappa shape index (κ2) is 7.63. The molecule has 0 unspecified atom stereocenters. The third-order valence-electron chi connectivity index (χ3n) is 0.823. The monoisotopic (exact) mass is 176 g/mol. The van der Waals surface area contributed by atoms with Gasteiger partial charge < -0.3 is 0 Å². The van der Waals surface area contributed by atoms with Crippen LogP contribution in [0.2, 0.25) is 0 Å². The van der Waals surface area contributed by atoms with Crippen molar-refractivity contribution in [1.82, 2.24) is 0 Å². The van der Waals surface area contributed by atoms with Crippen molar-refractivity contribution in [2.45, 2.75) is 6.92 Å². The van der Waals surface area contributed by atoms with Crippen molar-refractivity contribution < 1.29 is 14.6 Å². The Morgan fingerprint density at radius 2 is 2.45 bits per heavy atom. The number of thioether (sulfide) groups is 1. The largest absolute Gasteiger partial charge is 0.365 e. The minimum absolute atomic E-state index is 0.429. The fraction of sp³-hybridized carbons (Fsp3) is 0.571. The van der Waals surface area contributed by atoms with Gasteiger partial charge in [0, 0.05) is 11.8 Å². The number of carbonyl (C=O) groups excluding carboxylic acids is 1. The van der Waals surface area contributed by atoms with E-state index in [4.69, 9.17) is 0 Å². The van der Waals surface area contributed by atoms with Crippen molar-refractivity contribution in [3.63, 3.8) is 0 Å². The first-order valence-corrected chi connectivity index (χ1v) is 4.50. The van der Waals surface area contributed by atoms with E-state index in [-0.39, 0.29) is 0 Å². The average molecular weight is 176 g/mol. The molecule has 0 heterocycles. The van der Waals surface area contributed by atoms with Crippen LogP contribution in [0.15, 0.2) is 12.7 Å². The number of hydrogen-bond donors (Lipinski definition) is 0. The van der Waals surface area contributed by atoms with Crippen molar-refractivity contribution >= 4 is 17.7 Å². The molecular formula is C7H12O3S. The van der Waals surface area contributed by atoms with Crippen LogP contribution < -0.4 is 0 Å². The summed E-state index contributed by atoms with van der Waals surface area (Å²) in [4.78, 5) is 19.2. The van der Waals surface area contributed by atoms with Crippen molar-refractivity contribution in [2.24, 2.45) is 0 Å². The van der Waals surface area contributed by atoms with Gasteiger partial charge >= 0.3 is 5.97 Å². The molecule has 0 amide bonds. The minimum atomic E-state index is -0.550. The maximum atomic E-state index is 10.4. The molecule has 0 fully saturated rings. The molecule has 0 aliphatic carbocycles. The molecule has 0 aromatic carbocycles. The Hall–Kier alpha value is -0.480. The van der Waals surface area contributed by atoms with Crippen molar-refractivity contribution in [1.29, 1.82) is 0 Å². The molecule has 0 saturated heterocycles. The highest BCUT2D eigenvalue weighted by Gasteiger charge is 1.94. The molecule has 64 valence electrons. The first kappa shape index (κ1) is 10.5.